The van der Waals surface area contributed by atoms with E-state index in [9.17, 15) is 0 Å². The van der Waals surface area contributed by atoms with Gasteiger partial charge in [0.1, 0.15) is 11.5 Å². The molecule has 19 heavy (non-hydrogen) atoms. The maximum Gasteiger partial charge on any atom is 0.135 e. The number of furan rings is 1. The molecule has 0 unspecified atom stereocenters. The third-order valence-corrected chi connectivity index (χ3v) is 3.64. The minimum Gasteiger partial charge on any atom is -0.460 e. The molecule has 0 fully saturated rings. The number of halogens is 2. The van der Waals surface area contributed by atoms with E-state index in [1.807, 2.05) is 24.3 Å². The zero-order valence-corrected chi connectivity index (χ0v) is 12.6. The van der Waals surface area contributed by atoms with Gasteiger partial charge in [-0.15, -0.1) is 0 Å². The molecule has 0 saturated heterocycles. The van der Waals surface area contributed by atoms with Crippen LogP contribution in [0.3, 0.4) is 0 Å². The lowest BCUT2D eigenvalue weighted by molar-refractivity contribution is 0.457. The SMILES string of the molecule is CC[C@@H](C)NCc1ccc(-c2ccc(Cl)cc2Cl)o1. The third-order valence-electron chi connectivity index (χ3n) is 3.10. The fourth-order valence-corrected chi connectivity index (χ4v) is 2.23. The Morgan fingerprint density at radius 2 is 2.00 bits per heavy atom. The Bertz CT molecular complexity index is 551. The van der Waals surface area contributed by atoms with Crippen LogP contribution in [0.4, 0.5) is 0 Å². The smallest absolute Gasteiger partial charge is 0.135 e. The maximum atomic E-state index is 6.16. The summed E-state index contributed by atoms with van der Waals surface area (Å²) in [6.45, 7) is 5.03. The Morgan fingerprint density at radius 1 is 1.21 bits per heavy atom. The van der Waals surface area contributed by atoms with Crippen LogP contribution >= 0.6 is 23.2 Å². The second kappa shape index (κ2) is 6.47. The Hall–Kier alpha value is -0.960. The number of nitrogens with one attached hydrogen (secondary N) is 1. The molecule has 0 bridgehead atoms. The second-order valence-electron chi connectivity index (χ2n) is 4.58. The minimum atomic E-state index is 0.479. The van der Waals surface area contributed by atoms with E-state index in [0.717, 1.165) is 30.0 Å². The largest absolute Gasteiger partial charge is 0.460 e. The van der Waals surface area contributed by atoms with Gasteiger partial charge in [-0.05, 0) is 43.7 Å². The standard InChI is InChI=1S/C15H17Cl2NO/c1-3-10(2)18-9-12-5-7-15(19-12)13-6-4-11(16)8-14(13)17/h4-8,10,18H,3,9H2,1-2H3/t10-/m1/s1. The van der Waals surface area contributed by atoms with Crippen molar-refractivity contribution in [2.24, 2.45) is 0 Å². The molecular formula is C15H17Cl2NO. The molecular weight excluding hydrogens is 281 g/mol. The van der Waals surface area contributed by atoms with E-state index in [2.05, 4.69) is 19.2 Å². The molecule has 2 rings (SSSR count). The summed E-state index contributed by atoms with van der Waals surface area (Å²) in [5, 5.41) is 4.61. The first-order valence-corrected chi connectivity index (χ1v) is 7.13. The number of hydrogen-bond donors (Lipinski definition) is 1. The van der Waals surface area contributed by atoms with Crippen molar-refractivity contribution in [1.82, 2.24) is 5.32 Å². The van der Waals surface area contributed by atoms with Crippen LogP contribution in [0.2, 0.25) is 10.0 Å². The molecule has 2 nitrogen and oxygen atoms in total. The van der Waals surface area contributed by atoms with Crippen LogP contribution in [0.1, 0.15) is 26.0 Å². The minimum absolute atomic E-state index is 0.479. The van der Waals surface area contributed by atoms with Gasteiger partial charge >= 0.3 is 0 Å². The quantitative estimate of drug-likeness (QED) is 0.826. The highest BCUT2D eigenvalue weighted by Crippen LogP contribution is 2.31. The van der Waals surface area contributed by atoms with Gasteiger partial charge in [0.2, 0.25) is 0 Å². The first-order valence-electron chi connectivity index (χ1n) is 6.37. The van der Waals surface area contributed by atoms with Crippen LogP contribution in [0, 0.1) is 0 Å². The molecule has 0 aliphatic rings. The Kier molecular flexibility index (Phi) is 4.92. The fourth-order valence-electron chi connectivity index (χ4n) is 1.73. The van der Waals surface area contributed by atoms with Crippen LogP contribution < -0.4 is 5.32 Å². The van der Waals surface area contributed by atoms with Gasteiger partial charge in [-0.25, -0.2) is 0 Å². The Balaban J connectivity index is 2.12. The van der Waals surface area contributed by atoms with Crippen LogP contribution in [0.15, 0.2) is 34.7 Å². The Labute approximate surface area is 123 Å². The summed E-state index contributed by atoms with van der Waals surface area (Å²) < 4.78 is 5.80. The second-order valence-corrected chi connectivity index (χ2v) is 5.42. The van der Waals surface area contributed by atoms with E-state index in [1.165, 1.54) is 0 Å². The molecule has 1 aromatic heterocycles. The molecule has 0 saturated carbocycles. The Morgan fingerprint density at radius 3 is 2.68 bits per heavy atom. The summed E-state index contributed by atoms with van der Waals surface area (Å²) in [6.07, 6.45) is 1.09. The van der Waals surface area contributed by atoms with Crippen LogP contribution in [0.25, 0.3) is 11.3 Å². The van der Waals surface area contributed by atoms with Crippen molar-refractivity contribution >= 4 is 23.2 Å². The normalized spacial score (nSPS) is 12.6. The summed E-state index contributed by atoms with van der Waals surface area (Å²) in [5.74, 6) is 1.67. The van der Waals surface area contributed by atoms with Gasteiger partial charge in [0, 0.05) is 16.6 Å². The van der Waals surface area contributed by atoms with Gasteiger partial charge in [0.05, 0.1) is 11.6 Å². The van der Waals surface area contributed by atoms with Gasteiger partial charge in [0.15, 0.2) is 0 Å². The summed E-state index contributed by atoms with van der Waals surface area (Å²) in [6, 6.07) is 9.78. The highest BCUT2D eigenvalue weighted by Gasteiger charge is 2.09. The molecule has 1 N–H and O–H groups in total. The van der Waals surface area contributed by atoms with Crippen molar-refractivity contribution in [3.8, 4) is 11.3 Å². The van der Waals surface area contributed by atoms with E-state index in [0.29, 0.717) is 16.1 Å². The summed E-state index contributed by atoms with van der Waals surface area (Å²) >= 11 is 12.0. The topological polar surface area (TPSA) is 25.2 Å². The molecule has 102 valence electrons. The number of hydrogen-bond acceptors (Lipinski definition) is 2. The molecule has 0 spiro atoms. The van der Waals surface area contributed by atoms with Crippen molar-refractivity contribution in [3.63, 3.8) is 0 Å². The van der Waals surface area contributed by atoms with Crippen LogP contribution in [-0.2, 0) is 6.54 Å². The zero-order valence-electron chi connectivity index (χ0n) is 11.0. The predicted octanol–water partition coefficient (Wildman–Crippen LogP) is 5.14. The molecule has 0 radical (unpaired) electrons. The summed E-state index contributed by atoms with van der Waals surface area (Å²) in [4.78, 5) is 0. The zero-order chi connectivity index (χ0) is 13.8. The van der Waals surface area contributed by atoms with Crippen LogP contribution in [0.5, 0.6) is 0 Å². The van der Waals surface area contributed by atoms with Gasteiger partial charge < -0.3 is 9.73 Å². The van der Waals surface area contributed by atoms with Crippen molar-refractivity contribution in [2.45, 2.75) is 32.9 Å². The predicted molar refractivity (Wildman–Crippen MR) is 80.8 cm³/mol. The van der Waals surface area contributed by atoms with Gasteiger partial charge in [-0.2, -0.15) is 0 Å². The average Bonchev–Trinajstić information content (AvgIpc) is 2.84. The van der Waals surface area contributed by atoms with Gasteiger partial charge in [-0.3, -0.25) is 0 Å². The highest BCUT2D eigenvalue weighted by molar-refractivity contribution is 6.36. The molecule has 0 amide bonds. The maximum absolute atomic E-state index is 6.16. The molecule has 1 heterocycles. The lowest BCUT2D eigenvalue weighted by Crippen LogP contribution is -2.24. The van der Waals surface area contributed by atoms with E-state index >= 15 is 0 Å². The van der Waals surface area contributed by atoms with Crippen molar-refractivity contribution in [3.05, 3.63) is 46.1 Å². The van der Waals surface area contributed by atoms with Crippen molar-refractivity contribution in [2.75, 3.05) is 0 Å². The van der Waals surface area contributed by atoms with Crippen LogP contribution in [-0.4, -0.2) is 6.04 Å². The molecule has 4 heteroatoms. The highest BCUT2D eigenvalue weighted by atomic mass is 35.5. The van der Waals surface area contributed by atoms with E-state index in [-0.39, 0.29) is 0 Å². The summed E-state index contributed by atoms with van der Waals surface area (Å²) in [7, 11) is 0. The molecule has 1 atom stereocenters. The number of benzene rings is 1. The fraction of sp³-hybridized carbons (Fsp3) is 0.333. The summed E-state index contributed by atoms with van der Waals surface area (Å²) in [5.41, 5.74) is 0.862. The molecule has 2 aromatic rings. The molecule has 0 aliphatic carbocycles. The molecule has 1 aromatic carbocycles. The van der Waals surface area contributed by atoms with E-state index < -0.39 is 0 Å². The first kappa shape index (κ1) is 14.4. The average molecular weight is 298 g/mol. The molecule has 0 aliphatic heterocycles. The number of rotatable bonds is 5. The van der Waals surface area contributed by atoms with Crippen molar-refractivity contribution in [1.29, 1.82) is 0 Å². The lowest BCUT2D eigenvalue weighted by atomic mass is 10.2. The lowest BCUT2D eigenvalue weighted by Gasteiger charge is -2.09. The first-order chi connectivity index (χ1) is 9.10. The van der Waals surface area contributed by atoms with Crippen molar-refractivity contribution < 1.29 is 4.42 Å². The van der Waals surface area contributed by atoms with Gasteiger partial charge in [0.25, 0.3) is 0 Å². The van der Waals surface area contributed by atoms with Gasteiger partial charge in [-0.1, -0.05) is 30.1 Å². The monoisotopic (exact) mass is 297 g/mol. The van der Waals surface area contributed by atoms with E-state index in [1.54, 1.807) is 6.07 Å². The third kappa shape index (κ3) is 3.75. The van der Waals surface area contributed by atoms with E-state index in [4.69, 9.17) is 27.6 Å².